The lowest BCUT2D eigenvalue weighted by Gasteiger charge is -2.26. The fourth-order valence-corrected chi connectivity index (χ4v) is 2.67. The zero-order chi connectivity index (χ0) is 12.9. The normalized spacial score (nSPS) is 13.8. The van der Waals surface area contributed by atoms with Crippen LogP contribution in [0.2, 0.25) is 0 Å². The standard InChI is InChI=1S/C12H16O4S/c1-4-12(10(13)15-3,11(14)16-5-2)9-7-6-8-17-9/h6-8H,4-5H2,1-3H3. The third kappa shape index (κ3) is 2.34. The molecule has 5 heteroatoms. The molecule has 0 bridgehead atoms. The Morgan fingerprint density at radius 1 is 1.35 bits per heavy atom. The quantitative estimate of drug-likeness (QED) is 0.598. The van der Waals surface area contributed by atoms with E-state index in [4.69, 9.17) is 9.47 Å². The maximum absolute atomic E-state index is 12.1. The van der Waals surface area contributed by atoms with Crippen molar-refractivity contribution in [1.82, 2.24) is 0 Å². The highest BCUT2D eigenvalue weighted by molar-refractivity contribution is 7.10. The van der Waals surface area contributed by atoms with Crippen LogP contribution in [-0.2, 0) is 24.5 Å². The Balaban J connectivity index is 3.24. The highest BCUT2D eigenvalue weighted by Gasteiger charge is 2.49. The fraction of sp³-hybridized carbons (Fsp3) is 0.500. The van der Waals surface area contributed by atoms with Gasteiger partial charge in [-0.05, 0) is 24.8 Å². The Morgan fingerprint density at radius 3 is 2.47 bits per heavy atom. The average molecular weight is 256 g/mol. The van der Waals surface area contributed by atoms with Crippen LogP contribution in [0.1, 0.15) is 25.1 Å². The number of hydrogen-bond donors (Lipinski definition) is 0. The summed E-state index contributed by atoms with van der Waals surface area (Å²) in [7, 11) is 1.28. The maximum atomic E-state index is 12.1. The van der Waals surface area contributed by atoms with Crippen LogP contribution in [0.25, 0.3) is 0 Å². The highest BCUT2D eigenvalue weighted by atomic mass is 32.1. The first kappa shape index (κ1) is 13.7. The van der Waals surface area contributed by atoms with Crippen LogP contribution in [0.3, 0.4) is 0 Å². The molecule has 94 valence electrons. The van der Waals surface area contributed by atoms with Crippen molar-refractivity contribution >= 4 is 23.3 Å². The van der Waals surface area contributed by atoms with Crippen LogP contribution < -0.4 is 0 Å². The monoisotopic (exact) mass is 256 g/mol. The van der Waals surface area contributed by atoms with Gasteiger partial charge in [0.25, 0.3) is 0 Å². The summed E-state index contributed by atoms with van der Waals surface area (Å²) in [5.74, 6) is -1.11. The summed E-state index contributed by atoms with van der Waals surface area (Å²) < 4.78 is 9.78. The van der Waals surface area contributed by atoms with Crippen molar-refractivity contribution < 1.29 is 19.1 Å². The zero-order valence-electron chi connectivity index (χ0n) is 10.2. The lowest BCUT2D eigenvalue weighted by atomic mass is 9.83. The van der Waals surface area contributed by atoms with Gasteiger partial charge in [-0.15, -0.1) is 11.3 Å². The molecule has 1 rings (SSSR count). The van der Waals surface area contributed by atoms with Gasteiger partial charge in [0, 0.05) is 4.88 Å². The molecule has 0 fully saturated rings. The molecule has 0 aromatic carbocycles. The van der Waals surface area contributed by atoms with E-state index < -0.39 is 17.4 Å². The molecular weight excluding hydrogens is 240 g/mol. The minimum atomic E-state index is -1.32. The van der Waals surface area contributed by atoms with Gasteiger partial charge >= 0.3 is 11.9 Å². The van der Waals surface area contributed by atoms with Crippen LogP contribution >= 0.6 is 11.3 Å². The third-order valence-electron chi connectivity index (χ3n) is 2.63. The average Bonchev–Trinajstić information content (AvgIpc) is 2.85. The van der Waals surface area contributed by atoms with Crippen molar-refractivity contribution in [2.75, 3.05) is 13.7 Å². The summed E-state index contributed by atoms with van der Waals surface area (Å²) >= 11 is 1.35. The molecule has 0 amide bonds. The van der Waals surface area contributed by atoms with Gasteiger partial charge in [0.2, 0.25) is 0 Å². The Labute approximate surface area is 105 Å². The molecule has 4 nitrogen and oxygen atoms in total. The topological polar surface area (TPSA) is 52.6 Å². The number of hydrogen-bond acceptors (Lipinski definition) is 5. The molecule has 1 aromatic rings. The largest absolute Gasteiger partial charge is 0.468 e. The lowest BCUT2D eigenvalue weighted by molar-refractivity contribution is -0.163. The number of methoxy groups -OCH3 is 1. The third-order valence-corrected chi connectivity index (χ3v) is 3.66. The molecule has 0 N–H and O–H groups in total. The van der Waals surface area contributed by atoms with Gasteiger partial charge in [0.15, 0.2) is 5.41 Å². The van der Waals surface area contributed by atoms with E-state index in [0.717, 1.165) is 0 Å². The minimum Gasteiger partial charge on any atom is -0.468 e. The van der Waals surface area contributed by atoms with E-state index in [1.54, 1.807) is 26.0 Å². The molecule has 0 aliphatic carbocycles. The van der Waals surface area contributed by atoms with Crippen molar-refractivity contribution in [2.45, 2.75) is 25.7 Å². The number of thiophene rings is 1. The van der Waals surface area contributed by atoms with Gasteiger partial charge in [-0.25, -0.2) is 0 Å². The molecular formula is C12H16O4S. The van der Waals surface area contributed by atoms with Crippen molar-refractivity contribution in [1.29, 1.82) is 0 Å². The second-order valence-electron chi connectivity index (χ2n) is 3.45. The molecule has 0 radical (unpaired) electrons. The van der Waals surface area contributed by atoms with Gasteiger partial charge in [-0.2, -0.15) is 0 Å². The van der Waals surface area contributed by atoms with Crippen molar-refractivity contribution in [2.24, 2.45) is 0 Å². The maximum Gasteiger partial charge on any atom is 0.328 e. The second kappa shape index (κ2) is 5.82. The number of carbonyl (C=O) groups excluding carboxylic acids is 2. The van der Waals surface area contributed by atoms with E-state index in [9.17, 15) is 9.59 Å². The summed E-state index contributed by atoms with van der Waals surface area (Å²) in [4.78, 5) is 24.7. The molecule has 0 saturated heterocycles. The molecule has 1 atom stereocenters. The van der Waals surface area contributed by atoms with Crippen LogP contribution in [0.4, 0.5) is 0 Å². The first-order chi connectivity index (χ1) is 8.13. The van der Waals surface area contributed by atoms with Gasteiger partial charge in [-0.1, -0.05) is 13.0 Å². The molecule has 0 aliphatic rings. The number of ether oxygens (including phenoxy) is 2. The van der Waals surface area contributed by atoms with Gasteiger partial charge in [0.1, 0.15) is 0 Å². The molecule has 1 unspecified atom stereocenters. The summed E-state index contributed by atoms with van der Waals surface area (Å²) in [5.41, 5.74) is -1.32. The first-order valence-corrected chi connectivity index (χ1v) is 6.31. The molecule has 1 aromatic heterocycles. The van der Waals surface area contributed by atoms with E-state index in [0.29, 0.717) is 11.3 Å². The Kier molecular flexibility index (Phi) is 4.69. The summed E-state index contributed by atoms with van der Waals surface area (Å²) in [6, 6.07) is 3.55. The molecule has 17 heavy (non-hydrogen) atoms. The van der Waals surface area contributed by atoms with Crippen LogP contribution in [0, 0.1) is 0 Å². The van der Waals surface area contributed by atoms with E-state index in [-0.39, 0.29) is 6.61 Å². The van der Waals surface area contributed by atoms with Crippen LogP contribution in [-0.4, -0.2) is 25.7 Å². The number of rotatable bonds is 5. The van der Waals surface area contributed by atoms with Crippen LogP contribution in [0.15, 0.2) is 17.5 Å². The highest BCUT2D eigenvalue weighted by Crippen LogP contribution is 2.34. The van der Waals surface area contributed by atoms with Gasteiger partial charge < -0.3 is 9.47 Å². The predicted molar refractivity (Wildman–Crippen MR) is 64.9 cm³/mol. The summed E-state index contributed by atoms with van der Waals surface area (Å²) in [6.45, 7) is 3.72. The van der Waals surface area contributed by atoms with Crippen LogP contribution in [0.5, 0.6) is 0 Å². The summed E-state index contributed by atoms with van der Waals surface area (Å²) in [6.07, 6.45) is 0.318. The molecule has 0 saturated carbocycles. The fourth-order valence-electron chi connectivity index (χ4n) is 1.70. The van der Waals surface area contributed by atoms with E-state index in [1.165, 1.54) is 18.4 Å². The number of esters is 2. The molecule has 1 heterocycles. The Bertz CT molecular complexity index is 385. The van der Waals surface area contributed by atoms with E-state index in [1.807, 2.05) is 5.38 Å². The lowest BCUT2D eigenvalue weighted by Crippen LogP contribution is -2.44. The number of carbonyl (C=O) groups is 2. The van der Waals surface area contributed by atoms with E-state index >= 15 is 0 Å². The van der Waals surface area contributed by atoms with Crippen molar-refractivity contribution in [3.05, 3.63) is 22.4 Å². The van der Waals surface area contributed by atoms with Gasteiger partial charge in [-0.3, -0.25) is 9.59 Å². The minimum absolute atomic E-state index is 0.239. The second-order valence-corrected chi connectivity index (χ2v) is 4.40. The Morgan fingerprint density at radius 2 is 2.06 bits per heavy atom. The van der Waals surface area contributed by atoms with Crippen molar-refractivity contribution in [3.63, 3.8) is 0 Å². The molecule has 0 aliphatic heterocycles. The van der Waals surface area contributed by atoms with E-state index in [2.05, 4.69) is 0 Å². The Hall–Kier alpha value is -1.36. The molecule has 0 spiro atoms. The van der Waals surface area contributed by atoms with Gasteiger partial charge in [0.05, 0.1) is 13.7 Å². The smallest absolute Gasteiger partial charge is 0.328 e. The zero-order valence-corrected chi connectivity index (χ0v) is 11.0. The summed E-state index contributed by atoms with van der Waals surface area (Å²) in [5, 5.41) is 1.82. The van der Waals surface area contributed by atoms with Crippen molar-refractivity contribution in [3.8, 4) is 0 Å². The predicted octanol–water partition coefficient (Wildman–Crippen LogP) is 2.13. The SMILES string of the molecule is CCOC(=O)C(CC)(C(=O)OC)c1cccs1. The first-order valence-electron chi connectivity index (χ1n) is 5.43.